The highest BCUT2D eigenvalue weighted by atomic mass is 32.2. The van der Waals surface area contributed by atoms with Gasteiger partial charge in [-0.1, -0.05) is 17.2 Å². The number of amides is 1. The molecule has 1 aromatic rings. The molecule has 5 heteroatoms. The van der Waals surface area contributed by atoms with E-state index in [2.05, 4.69) is 0 Å². The summed E-state index contributed by atoms with van der Waals surface area (Å²) in [5.41, 5.74) is 2.70. The zero-order valence-electron chi connectivity index (χ0n) is 11.5. The molecule has 1 unspecified atom stereocenters. The van der Waals surface area contributed by atoms with Gasteiger partial charge in [-0.05, 0) is 32.4 Å². The highest BCUT2D eigenvalue weighted by molar-refractivity contribution is 7.91. The molecule has 0 radical (unpaired) electrons. The average Bonchev–Trinajstić information content (AvgIpc) is 2.66. The summed E-state index contributed by atoms with van der Waals surface area (Å²) in [6, 6.07) is 5.50. The van der Waals surface area contributed by atoms with Crippen LogP contribution in [0.1, 0.15) is 27.9 Å². The monoisotopic (exact) mass is 281 g/mol. The number of carbonyl (C=O) groups excluding carboxylic acids is 1. The van der Waals surface area contributed by atoms with E-state index < -0.39 is 9.84 Å². The van der Waals surface area contributed by atoms with Gasteiger partial charge in [-0.2, -0.15) is 0 Å². The third-order valence-electron chi connectivity index (χ3n) is 3.55. The van der Waals surface area contributed by atoms with E-state index in [9.17, 15) is 13.2 Å². The van der Waals surface area contributed by atoms with Crippen molar-refractivity contribution in [2.75, 3.05) is 18.6 Å². The molecule has 1 aromatic carbocycles. The van der Waals surface area contributed by atoms with Crippen molar-refractivity contribution in [2.45, 2.75) is 26.3 Å². The second kappa shape index (κ2) is 4.96. The molecule has 1 heterocycles. The molecule has 1 aliphatic rings. The number of nitrogens with zero attached hydrogens (tertiary/aromatic N) is 1. The predicted molar refractivity (Wildman–Crippen MR) is 75.1 cm³/mol. The molecule has 1 aliphatic heterocycles. The highest BCUT2D eigenvalue weighted by Gasteiger charge is 2.33. The summed E-state index contributed by atoms with van der Waals surface area (Å²) in [6.07, 6.45) is 0.537. The Morgan fingerprint density at radius 2 is 1.79 bits per heavy atom. The van der Waals surface area contributed by atoms with Gasteiger partial charge in [0.25, 0.3) is 5.91 Å². The van der Waals surface area contributed by atoms with Crippen molar-refractivity contribution in [1.82, 2.24) is 4.90 Å². The predicted octanol–water partition coefficient (Wildman–Crippen LogP) is 1.56. The number of hydrogen-bond acceptors (Lipinski definition) is 3. The van der Waals surface area contributed by atoms with Gasteiger partial charge in [-0.25, -0.2) is 8.42 Å². The molecule has 1 fully saturated rings. The van der Waals surface area contributed by atoms with Gasteiger partial charge in [0.05, 0.1) is 11.5 Å². The molecule has 0 aromatic heterocycles. The normalized spacial score (nSPS) is 21.3. The van der Waals surface area contributed by atoms with Crippen LogP contribution in [0, 0.1) is 13.8 Å². The molecule has 0 N–H and O–H groups in total. The summed E-state index contributed by atoms with van der Waals surface area (Å²) in [6.45, 7) is 3.90. The van der Waals surface area contributed by atoms with Crippen LogP contribution in [0.25, 0.3) is 0 Å². The Morgan fingerprint density at radius 1 is 1.21 bits per heavy atom. The Kier molecular flexibility index (Phi) is 3.67. The van der Waals surface area contributed by atoms with Gasteiger partial charge in [-0.15, -0.1) is 0 Å². The third-order valence-corrected chi connectivity index (χ3v) is 5.30. The standard InChI is InChI=1S/C14H19NO3S/c1-10-6-11(2)8-12(7-10)14(16)15(3)13-4-5-19(17,18)9-13/h6-8,13H,4-5,9H2,1-3H3. The first-order valence-corrected chi connectivity index (χ1v) is 8.16. The van der Waals surface area contributed by atoms with Crippen LogP contribution < -0.4 is 0 Å². The topological polar surface area (TPSA) is 54.5 Å². The Hall–Kier alpha value is -1.36. The molecule has 2 rings (SSSR count). The minimum Gasteiger partial charge on any atom is -0.338 e. The lowest BCUT2D eigenvalue weighted by Gasteiger charge is -2.23. The molecule has 19 heavy (non-hydrogen) atoms. The average molecular weight is 281 g/mol. The molecule has 0 saturated carbocycles. The minimum atomic E-state index is -2.97. The fraction of sp³-hybridized carbons (Fsp3) is 0.500. The maximum Gasteiger partial charge on any atom is 0.253 e. The van der Waals surface area contributed by atoms with Gasteiger partial charge in [0.2, 0.25) is 0 Å². The fourth-order valence-electron chi connectivity index (χ4n) is 2.55. The van der Waals surface area contributed by atoms with Crippen molar-refractivity contribution in [1.29, 1.82) is 0 Å². The Balaban J connectivity index is 2.20. The van der Waals surface area contributed by atoms with Crippen LogP contribution in [0.2, 0.25) is 0 Å². The molecule has 1 atom stereocenters. The summed E-state index contributed by atoms with van der Waals surface area (Å²) >= 11 is 0. The number of hydrogen-bond donors (Lipinski definition) is 0. The fourth-order valence-corrected chi connectivity index (χ4v) is 4.32. The van der Waals surface area contributed by atoms with Gasteiger partial charge < -0.3 is 4.90 Å². The van der Waals surface area contributed by atoms with Gasteiger partial charge in [0, 0.05) is 18.7 Å². The second-order valence-corrected chi connectivity index (χ2v) is 7.58. The molecule has 104 valence electrons. The second-order valence-electron chi connectivity index (χ2n) is 5.35. The number of benzene rings is 1. The van der Waals surface area contributed by atoms with Crippen LogP contribution in [0.5, 0.6) is 0 Å². The summed E-state index contributed by atoms with van der Waals surface area (Å²) < 4.78 is 22.9. The lowest BCUT2D eigenvalue weighted by Crippen LogP contribution is -2.37. The lowest BCUT2D eigenvalue weighted by atomic mass is 10.1. The van der Waals surface area contributed by atoms with E-state index in [4.69, 9.17) is 0 Å². The Bertz CT molecular complexity index is 587. The number of carbonyl (C=O) groups is 1. The van der Waals surface area contributed by atoms with Crippen molar-refractivity contribution in [3.05, 3.63) is 34.9 Å². The van der Waals surface area contributed by atoms with E-state index in [1.54, 1.807) is 11.9 Å². The smallest absolute Gasteiger partial charge is 0.253 e. The van der Waals surface area contributed by atoms with E-state index in [1.807, 2.05) is 32.0 Å². The molecular formula is C14H19NO3S. The minimum absolute atomic E-state index is 0.0834. The largest absolute Gasteiger partial charge is 0.338 e. The van der Waals surface area contributed by atoms with Crippen molar-refractivity contribution in [2.24, 2.45) is 0 Å². The van der Waals surface area contributed by atoms with Gasteiger partial charge in [-0.3, -0.25) is 4.79 Å². The zero-order valence-corrected chi connectivity index (χ0v) is 12.3. The lowest BCUT2D eigenvalue weighted by molar-refractivity contribution is 0.0747. The maximum atomic E-state index is 12.4. The van der Waals surface area contributed by atoms with Crippen molar-refractivity contribution >= 4 is 15.7 Å². The Morgan fingerprint density at radius 3 is 2.26 bits per heavy atom. The molecule has 0 spiro atoms. The summed E-state index contributed by atoms with van der Waals surface area (Å²) in [5, 5.41) is 0. The quantitative estimate of drug-likeness (QED) is 0.826. The van der Waals surface area contributed by atoms with Crippen LogP contribution in [0.4, 0.5) is 0 Å². The molecule has 0 aliphatic carbocycles. The van der Waals surface area contributed by atoms with Crippen LogP contribution in [0.15, 0.2) is 18.2 Å². The van der Waals surface area contributed by atoms with Crippen molar-refractivity contribution in [3.8, 4) is 0 Å². The number of aryl methyl sites for hydroxylation is 2. The SMILES string of the molecule is Cc1cc(C)cc(C(=O)N(C)C2CCS(=O)(=O)C2)c1. The van der Waals surface area contributed by atoms with E-state index >= 15 is 0 Å². The van der Waals surface area contributed by atoms with Crippen LogP contribution in [-0.4, -0.2) is 43.8 Å². The number of rotatable bonds is 2. The summed E-state index contributed by atoms with van der Waals surface area (Å²) in [4.78, 5) is 13.9. The van der Waals surface area contributed by atoms with Gasteiger partial charge in [0.1, 0.15) is 0 Å². The molecule has 1 amide bonds. The van der Waals surface area contributed by atoms with Gasteiger partial charge in [0.15, 0.2) is 9.84 Å². The molecule has 4 nitrogen and oxygen atoms in total. The summed E-state index contributed by atoms with van der Waals surface area (Å²) in [5.74, 6) is 0.163. The molecular weight excluding hydrogens is 262 g/mol. The first-order chi connectivity index (χ1) is 8.78. The van der Waals surface area contributed by atoms with E-state index in [0.29, 0.717) is 12.0 Å². The van der Waals surface area contributed by atoms with E-state index in [0.717, 1.165) is 11.1 Å². The maximum absolute atomic E-state index is 12.4. The first kappa shape index (κ1) is 14.1. The van der Waals surface area contributed by atoms with E-state index in [-0.39, 0.29) is 23.5 Å². The highest BCUT2D eigenvalue weighted by Crippen LogP contribution is 2.19. The Labute approximate surface area is 114 Å². The van der Waals surface area contributed by atoms with Crippen molar-refractivity contribution in [3.63, 3.8) is 0 Å². The zero-order chi connectivity index (χ0) is 14.2. The van der Waals surface area contributed by atoms with Crippen molar-refractivity contribution < 1.29 is 13.2 Å². The third kappa shape index (κ3) is 3.15. The van der Waals surface area contributed by atoms with Crippen LogP contribution >= 0.6 is 0 Å². The van der Waals surface area contributed by atoms with Gasteiger partial charge >= 0.3 is 0 Å². The number of sulfone groups is 1. The molecule has 1 saturated heterocycles. The molecule has 0 bridgehead atoms. The van der Waals surface area contributed by atoms with Crippen LogP contribution in [-0.2, 0) is 9.84 Å². The summed E-state index contributed by atoms with van der Waals surface area (Å²) in [7, 11) is -1.28. The van der Waals surface area contributed by atoms with E-state index in [1.165, 1.54) is 0 Å². The first-order valence-electron chi connectivity index (χ1n) is 6.34. The van der Waals surface area contributed by atoms with Crippen LogP contribution in [0.3, 0.4) is 0 Å².